The fourth-order valence-corrected chi connectivity index (χ4v) is 2.81. The Morgan fingerprint density at radius 2 is 1.70 bits per heavy atom. The van der Waals surface area contributed by atoms with E-state index in [2.05, 4.69) is 0 Å². The van der Waals surface area contributed by atoms with Gasteiger partial charge in [-0.2, -0.15) is 0 Å². The summed E-state index contributed by atoms with van der Waals surface area (Å²) >= 11 is 1.08. The van der Waals surface area contributed by atoms with Crippen molar-refractivity contribution >= 4 is 22.8 Å². The van der Waals surface area contributed by atoms with Crippen LogP contribution in [0.2, 0.25) is 0 Å². The predicted octanol–water partition coefficient (Wildman–Crippen LogP) is 3.49. The van der Waals surface area contributed by atoms with Crippen molar-refractivity contribution in [3.05, 3.63) is 60.2 Å². The molecule has 0 aliphatic heterocycles. The van der Waals surface area contributed by atoms with Gasteiger partial charge in [0.1, 0.15) is 5.75 Å². The van der Waals surface area contributed by atoms with Crippen LogP contribution in [-0.4, -0.2) is 24.3 Å². The molecular formula is C18H18O4S. The lowest BCUT2D eigenvalue weighted by Gasteiger charge is -2.15. The third-order valence-corrected chi connectivity index (χ3v) is 4.08. The maximum Gasteiger partial charge on any atom is 0.303 e. The first-order valence-corrected chi connectivity index (χ1v) is 7.97. The fraction of sp³-hybridized carbons (Fsp3) is 0.222. The number of carbonyl (C=O) groups excluding carboxylic acids is 2. The zero-order chi connectivity index (χ0) is 16.7. The first kappa shape index (κ1) is 17.1. The molecule has 0 spiro atoms. The van der Waals surface area contributed by atoms with Gasteiger partial charge in [0.05, 0.1) is 7.11 Å². The van der Waals surface area contributed by atoms with E-state index in [9.17, 15) is 9.59 Å². The summed E-state index contributed by atoms with van der Waals surface area (Å²) in [4.78, 5) is 24.6. The molecule has 0 saturated carbocycles. The lowest BCUT2D eigenvalue weighted by molar-refractivity contribution is -0.150. The normalized spacial score (nSPS) is 11.6. The molecule has 1 atom stereocenters. The van der Waals surface area contributed by atoms with E-state index in [1.54, 1.807) is 7.11 Å². The molecular weight excluding hydrogens is 312 g/mol. The second-order valence-electron chi connectivity index (χ2n) is 4.88. The summed E-state index contributed by atoms with van der Waals surface area (Å²) in [6.07, 6.45) is -0.478. The molecule has 0 aliphatic carbocycles. The summed E-state index contributed by atoms with van der Waals surface area (Å²) in [5.41, 5.74) is 0.902. The Morgan fingerprint density at radius 1 is 1.04 bits per heavy atom. The van der Waals surface area contributed by atoms with Crippen LogP contribution in [0.25, 0.3) is 0 Å². The standard InChI is InChI=1S/C18H18O4S/c1-13(19)22-17(12-14-8-10-15(21-2)11-9-14)18(20)23-16-6-4-3-5-7-16/h3-11,17H,12H2,1-2H3/t17-/m1/s1. The summed E-state index contributed by atoms with van der Waals surface area (Å²) < 4.78 is 10.3. The van der Waals surface area contributed by atoms with Gasteiger partial charge in [-0.1, -0.05) is 30.3 Å². The molecule has 120 valence electrons. The highest BCUT2D eigenvalue weighted by Crippen LogP contribution is 2.23. The van der Waals surface area contributed by atoms with Crippen LogP contribution in [0.1, 0.15) is 12.5 Å². The molecule has 5 heteroatoms. The van der Waals surface area contributed by atoms with Gasteiger partial charge >= 0.3 is 5.97 Å². The van der Waals surface area contributed by atoms with E-state index in [0.29, 0.717) is 6.42 Å². The van der Waals surface area contributed by atoms with Crippen LogP contribution in [0.3, 0.4) is 0 Å². The van der Waals surface area contributed by atoms with Crippen molar-refractivity contribution in [2.24, 2.45) is 0 Å². The second kappa shape index (κ2) is 8.39. The van der Waals surface area contributed by atoms with E-state index >= 15 is 0 Å². The quantitative estimate of drug-likeness (QED) is 0.599. The lowest BCUT2D eigenvalue weighted by atomic mass is 10.1. The van der Waals surface area contributed by atoms with Crippen LogP contribution in [0.5, 0.6) is 5.75 Å². The summed E-state index contributed by atoms with van der Waals surface area (Å²) in [5.74, 6) is 0.272. The molecule has 0 unspecified atom stereocenters. The van der Waals surface area contributed by atoms with Crippen LogP contribution in [0.15, 0.2) is 59.5 Å². The molecule has 2 aromatic carbocycles. The van der Waals surface area contributed by atoms with Crippen molar-refractivity contribution in [1.82, 2.24) is 0 Å². The molecule has 2 aromatic rings. The van der Waals surface area contributed by atoms with Gasteiger partial charge in [-0.15, -0.1) is 0 Å². The molecule has 0 saturated heterocycles. The maximum atomic E-state index is 12.4. The largest absolute Gasteiger partial charge is 0.497 e. The Kier molecular flexibility index (Phi) is 6.23. The number of esters is 1. The zero-order valence-corrected chi connectivity index (χ0v) is 13.8. The molecule has 2 rings (SSSR count). The van der Waals surface area contributed by atoms with Gasteiger partial charge in [-0.3, -0.25) is 9.59 Å². The molecule has 0 fully saturated rings. The fourth-order valence-electron chi connectivity index (χ4n) is 2.02. The van der Waals surface area contributed by atoms with Gasteiger partial charge in [0, 0.05) is 18.2 Å². The molecule has 0 bridgehead atoms. The van der Waals surface area contributed by atoms with E-state index in [1.165, 1.54) is 6.92 Å². The number of hydrogen-bond donors (Lipinski definition) is 0. The summed E-state index contributed by atoms with van der Waals surface area (Å²) in [7, 11) is 1.59. The first-order chi connectivity index (χ1) is 11.1. The Morgan fingerprint density at radius 3 is 2.26 bits per heavy atom. The van der Waals surface area contributed by atoms with Crippen molar-refractivity contribution in [3.8, 4) is 5.75 Å². The third-order valence-electron chi connectivity index (χ3n) is 3.11. The van der Waals surface area contributed by atoms with Crippen LogP contribution < -0.4 is 4.74 Å². The van der Waals surface area contributed by atoms with E-state index < -0.39 is 12.1 Å². The molecule has 0 radical (unpaired) electrons. The lowest BCUT2D eigenvalue weighted by Crippen LogP contribution is -2.26. The highest BCUT2D eigenvalue weighted by Gasteiger charge is 2.23. The van der Waals surface area contributed by atoms with Crippen LogP contribution in [0.4, 0.5) is 0 Å². The number of hydrogen-bond acceptors (Lipinski definition) is 5. The average molecular weight is 330 g/mol. The molecule has 4 nitrogen and oxygen atoms in total. The Hall–Kier alpha value is -2.27. The number of thioether (sulfide) groups is 1. The summed E-state index contributed by atoms with van der Waals surface area (Å²) in [5, 5.41) is -0.192. The Labute approximate surface area is 139 Å². The Balaban J connectivity index is 2.08. The third kappa shape index (κ3) is 5.45. The molecule has 0 aromatic heterocycles. The van der Waals surface area contributed by atoms with Crippen molar-refractivity contribution in [2.45, 2.75) is 24.3 Å². The minimum absolute atomic E-state index is 0.192. The highest BCUT2D eigenvalue weighted by molar-refractivity contribution is 8.13. The van der Waals surface area contributed by atoms with Gasteiger partial charge in [0.15, 0.2) is 6.10 Å². The molecule has 0 heterocycles. The van der Waals surface area contributed by atoms with Gasteiger partial charge in [-0.25, -0.2) is 0 Å². The van der Waals surface area contributed by atoms with Crippen molar-refractivity contribution < 1.29 is 19.1 Å². The van der Waals surface area contributed by atoms with E-state index in [1.807, 2.05) is 54.6 Å². The van der Waals surface area contributed by atoms with Crippen molar-refractivity contribution in [3.63, 3.8) is 0 Å². The van der Waals surface area contributed by atoms with Gasteiger partial charge in [0.25, 0.3) is 0 Å². The molecule has 23 heavy (non-hydrogen) atoms. The molecule has 0 N–H and O–H groups in total. The van der Waals surface area contributed by atoms with Crippen LogP contribution in [0, 0.1) is 0 Å². The van der Waals surface area contributed by atoms with E-state index in [-0.39, 0.29) is 5.12 Å². The van der Waals surface area contributed by atoms with Crippen LogP contribution >= 0.6 is 11.8 Å². The topological polar surface area (TPSA) is 52.6 Å². The van der Waals surface area contributed by atoms with Crippen LogP contribution in [-0.2, 0) is 20.7 Å². The van der Waals surface area contributed by atoms with Crippen molar-refractivity contribution in [2.75, 3.05) is 7.11 Å². The van der Waals surface area contributed by atoms with E-state index in [4.69, 9.17) is 9.47 Å². The van der Waals surface area contributed by atoms with Gasteiger partial charge in [0.2, 0.25) is 5.12 Å². The monoisotopic (exact) mass is 330 g/mol. The van der Waals surface area contributed by atoms with Crippen molar-refractivity contribution in [1.29, 1.82) is 0 Å². The first-order valence-electron chi connectivity index (χ1n) is 7.15. The number of benzene rings is 2. The predicted molar refractivity (Wildman–Crippen MR) is 89.6 cm³/mol. The Bertz CT molecular complexity index is 652. The molecule has 0 amide bonds. The zero-order valence-electron chi connectivity index (χ0n) is 13.0. The summed E-state index contributed by atoms with van der Waals surface area (Å²) in [6, 6.07) is 16.6. The van der Waals surface area contributed by atoms with E-state index in [0.717, 1.165) is 28.0 Å². The minimum Gasteiger partial charge on any atom is -0.497 e. The number of rotatable bonds is 6. The number of ether oxygens (including phenoxy) is 2. The molecule has 0 aliphatic rings. The maximum absolute atomic E-state index is 12.4. The SMILES string of the molecule is COc1ccc(C[C@@H](OC(C)=O)C(=O)Sc2ccccc2)cc1. The second-order valence-corrected chi connectivity index (χ2v) is 5.96. The summed E-state index contributed by atoms with van der Waals surface area (Å²) in [6.45, 7) is 1.31. The highest BCUT2D eigenvalue weighted by atomic mass is 32.2. The minimum atomic E-state index is -0.814. The number of methoxy groups -OCH3 is 1. The number of carbonyl (C=O) groups is 2. The smallest absolute Gasteiger partial charge is 0.303 e. The van der Waals surface area contributed by atoms with Gasteiger partial charge < -0.3 is 9.47 Å². The van der Waals surface area contributed by atoms with Gasteiger partial charge in [-0.05, 0) is 41.6 Å². The average Bonchev–Trinajstić information content (AvgIpc) is 2.55.